The second-order valence-electron chi connectivity index (χ2n) is 3.70. The van der Waals surface area contributed by atoms with E-state index in [9.17, 15) is 0 Å². The maximum atomic E-state index is 4.69. The number of aliphatic imine (C=N–C) groups is 1. The molecule has 2 atom stereocenters. The van der Waals surface area contributed by atoms with Gasteiger partial charge in [0, 0.05) is 5.92 Å². The van der Waals surface area contributed by atoms with Gasteiger partial charge in [0.1, 0.15) is 0 Å². The minimum absolute atomic E-state index is 0.270. The fourth-order valence-corrected chi connectivity index (χ4v) is 3.11. The summed E-state index contributed by atoms with van der Waals surface area (Å²) in [5.41, 5.74) is 0.270. The van der Waals surface area contributed by atoms with Crippen LogP contribution in [-0.2, 0) is 0 Å². The molecule has 0 spiro atoms. The van der Waals surface area contributed by atoms with Crippen LogP contribution in [-0.4, -0.2) is 16.3 Å². The summed E-state index contributed by atoms with van der Waals surface area (Å²) in [7, 11) is 0. The Hall–Kier alpha value is -0.240. The van der Waals surface area contributed by atoms with E-state index in [0.717, 1.165) is 18.1 Å². The van der Waals surface area contributed by atoms with Gasteiger partial charge in [-0.25, -0.2) is 0 Å². The smallest absolute Gasteiger partial charge is 0.0741 e. The molecule has 0 amide bonds. The quantitative estimate of drug-likeness (QED) is 0.567. The lowest BCUT2D eigenvalue weighted by atomic mass is 9.74. The van der Waals surface area contributed by atoms with Gasteiger partial charge in [-0.15, -0.1) is 11.8 Å². The summed E-state index contributed by atoms with van der Waals surface area (Å²) in [6, 6.07) is 0. The molecule has 0 N–H and O–H groups in total. The van der Waals surface area contributed by atoms with Crippen molar-refractivity contribution in [3.63, 3.8) is 0 Å². The first-order chi connectivity index (χ1) is 5.76. The number of hydrogen-bond donors (Lipinski definition) is 0. The van der Waals surface area contributed by atoms with Crippen LogP contribution in [0.2, 0.25) is 0 Å². The fourth-order valence-electron chi connectivity index (χ4n) is 1.99. The highest BCUT2D eigenvalue weighted by Crippen LogP contribution is 2.44. The van der Waals surface area contributed by atoms with E-state index in [4.69, 9.17) is 4.99 Å². The highest BCUT2D eigenvalue weighted by atomic mass is 32.2. The van der Waals surface area contributed by atoms with Gasteiger partial charge in [-0.2, -0.15) is 0 Å². The zero-order valence-corrected chi connectivity index (χ0v) is 8.53. The van der Waals surface area contributed by atoms with Gasteiger partial charge >= 0.3 is 0 Å². The van der Waals surface area contributed by atoms with Gasteiger partial charge in [0.2, 0.25) is 0 Å². The summed E-state index contributed by atoms with van der Waals surface area (Å²) in [6.07, 6.45) is 6.93. The van der Waals surface area contributed by atoms with Gasteiger partial charge in [0.05, 0.1) is 10.6 Å². The van der Waals surface area contributed by atoms with Crippen LogP contribution in [0.5, 0.6) is 0 Å². The molecule has 12 heavy (non-hydrogen) atoms. The van der Waals surface area contributed by atoms with E-state index in [1.54, 1.807) is 0 Å². The molecule has 0 bridgehead atoms. The van der Waals surface area contributed by atoms with Crippen LogP contribution in [0.4, 0.5) is 0 Å². The molecule has 2 aliphatic rings. The highest BCUT2D eigenvalue weighted by Gasteiger charge is 2.45. The van der Waals surface area contributed by atoms with Crippen LogP contribution in [0, 0.1) is 5.92 Å². The van der Waals surface area contributed by atoms with Crippen LogP contribution in [0.1, 0.15) is 26.7 Å². The van der Waals surface area contributed by atoms with Gasteiger partial charge in [-0.05, 0) is 25.5 Å². The van der Waals surface area contributed by atoms with Crippen molar-refractivity contribution >= 4 is 16.8 Å². The molecule has 0 saturated heterocycles. The maximum absolute atomic E-state index is 4.69. The SMILES string of the molecule is CCSC1=N[C@]2(C)CC=CC[C@H]12. The third-order valence-corrected chi connectivity index (χ3v) is 3.74. The Kier molecular flexibility index (Phi) is 2.03. The summed E-state index contributed by atoms with van der Waals surface area (Å²) >= 11 is 1.92. The Balaban J connectivity index is 2.10. The molecule has 0 fully saturated rings. The van der Waals surface area contributed by atoms with Crippen molar-refractivity contribution in [2.75, 3.05) is 5.75 Å². The lowest BCUT2D eigenvalue weighted by Gasteiger charge is -2.44. The molecule has 0 aromatic heterocycles. The van der Waals surface area contributed by atoms with Crippen molar-refractivity contribution in [1.29, 1.82) is 0 Å². The van der Waals surface area contributed by atoms with Crippen LogP contribution >= 0.6 is 11.8 Å². The zero-order chi connectivity index (χ0) is 8.60. The summed E-state index contributed by atoms with van der Waals surface area (Å²) < 4.78 is 0. The largest absolute Gasteiger partial charge is 0.275 e. The molecule has 0 saturated carbocycles. The van der Waals surface area contributed by atoms with Crippen molar-refractivity contribution in [3.8, 4) is 0 Å². The minimum Gasteiger partial charge on any atom is -0.275 e. The second kappa shape index (κ2) is 2.91. The predicted octanol–water partition coefficient (Wildman–Crippen LogP) is 2.88. The monoisotopic (exact) mass is 181 g/mol. The number of thioether (sulfide) groups is 1. The van der Waals surface area contributed by atoms with E-state index in [1.807, 2.05) is 11.8 Å². The average Bonchev–Trinajstić information content (AvgIpc) is 2.02. The predicted molar refractivity (Wildman–Crippen MR) is 55.8 cm³/mol. The van der Waals surface area contributed by atoms with E-state index in [1.165, 1.54) is 11.5 Å². The standard InChI is InChI=1S/C10H15NS/c1-3-12-9-8-6-4-5-7-10(8,2)11-9/h4-5,8H,3,6-7H2,1-2H3/t8-,10-/m1/s1. The van der Waals surface area contributed by atoms with Crippen molar-refractivity contribution in [2.24, 2.45) is 10.9 Å². The van der Waals surface area contributed by atoms with E-state index in [2.05, 4.69) is 26.0 Å². The van der Waals surface area contributed by atoms with Crippen LogP contribution in [0.15, 0.2) is 17.1 Å². The molecule has 2 heteroatoms. The molecule has 0 unspecified atom stereocenters. The van der Waals surface area contributed by atoms with E-state index < -0.39 is 0 Å². The van der Waals surface area contributed by atoms with Crippen LogP contribution in [0.25, 0.3) is 0 Å². The Morgan fingerprint density at radius 2 is 2.50 bits per heavy atom. The second-order valence-corrected chi connectivity index (χ2v) is 4.99. The van der Waals surface area contributed by atoms with Gasteiger partial charge in [0.25, 0.3) is 0 Å². The third kappa shape index (κ3) is 1.13. The first-order valence-electron chi connectivity index (χ1n) is 4.64. The van der Waals surface area contributed by atoms with Crippen molar-refractivity contribution in [2.45, 2.75) is 32.2 Å². The van der Waals surface area contributed by atoms with Gasteiger partial charge in [-0.1, -0.05) is 19.1 Å². The van der Waals surface area contributed by atoms with E-state index >= 15 is 0 Å². The molecule has 1 aliphatic carbocycles. The average molecular weight is 181 g/mol. The summed E-state index contributed by atoms with van der Waals surface area (Å²) in [6.45, 7) is 4.47. The van der Waals surface area contributed by atoms with E-state index in [0.29, 0.717) is 0 Å². The first kappa shape index (κ1) is 8.36. The Labute approximate surface area is 78.3 Å². The number of allylic oxidation sites excluding steroid dienone is 1. The Morgan fingerprint density at radius 1 is 1.67 bits per heavy atom. The van der Waals surface area contributed by atoms with Gasteiger partial charge in [0.15, 0.2) is 0 Å². The molecule has 0 aromatic rings. The lowest BCUT2D eigenvalue weighted by Crippen LogP contribution is -2.47. The van der Waals surface area contributed by atoms with Crippen LogP contribution in [0.3, 0.4) is 0 Å². The molecular formula is C10H15NS. The molecule has 1 nitrogen and oxygen atoms in total. The van der Waals surface area contributed by atoms with Gasteiger partial charge < -0.3 is 0 Å². The first-order valence-corrected chi connectivity index (χ1v) is 5.62. The molecule has 2 rings (SSSR count). The van der Waals surface area contributed by atoms with Crippen molar-refractivity contribution in [1.82, 2.24) is 0 Å². The normalized spacial score (nSPS) is 38.5. The van der Waals surface area contributed by atoms with Crippen LogP contribution < -0.4 is 0 Å². The number of nitrogens with zero attached hydrogens (tertiary/aromatic N) is 1. The zero-order valence-electron chi connectivity index (χ0n) is 7.71. The topological polar surface area (TPSA) is 12.4 Å². The molecule has 1 heterocycles. The number of rotatable bonds is 1. The number of fused-ring (bicyclic) bond motifs is 1. The molecule has 0 radical (unpaired) electrons. The van der Waals surface area contributed by atoms with Crippen molar-refractivity contribution < 1.29 is 0 Å². The third-order valence-electron chi connectivity index (χ3n) is 2.78. The molecule has 66 valence electrons. The Bertz CT molecular complexity index is 244. The summed E-state index contributed by atoms with van der Waals surface area (Å²) in [4.78, 5) is 4.69. The molecule has 0 aromatic carbocycles. The Morgan fingerprint density at radius 3 is 3.17 bits per heavy atom. The highest BCUT2D eigenvalue weighted by molar-refractivity contribution is 8.14. The molecule has 1 aliphatic heterocycles. The fraction of sp³-hybridized carbons (Fsp3) is 0.700. The minimum atomic E-state index is 0.270. The van der Waals surface area contributed by atoms with Gasteiger partial charge in [-0.3, -0.25) is 4.99 Å². The lowest BCUT2D eigenvalue weighted by molar-refractivity contribution is 0.325. The summed E-state index contributed by atoms with van der Waals surface area (Å²) in [5, 5.41) is 1.39. The van der Waals surface area contributed by atoms with Crippen molar-refractivity contribution in [3.05, 3.63) is 12.2 Å². The maximum Gasteiger partial charge on any atom is 0.0741 e. The van der Waals surface area contributed by atoms with E-state index in [-0.39, 0.29) is 5.54 Å². The summed E-state index contributed by atoms with van der Waals surface area (Å²) in [5.74, 6) is 1.90. The molecular weight excluding hydrogens is 166 g/mol. The number of hydrogen-bond acceptors (Lipinski definition) is 2.